The number of rotatable bonds is 5. The van der Waals surface area contributed by atoms with Gasteiger partial charge < -0.3 is 4.74 Å². The average Bonchev–Trinajstić information content (AvgIpc) is 2.77. The number of fused-ring (bicyclic) bond motifs is 1. The van der Waals surface area contributed by atoms with Gasteiger partial charge in [-0.1, -0.05) is 24.3 Å². The van der Waals surface area contributed by atoms with Crippen molar-refractivity contribution in [3.8, 4) is 28.0 Å². The molecule has 0 saturated heterocycles. The fourth-order valence-electron chi connectivity index (χ4n) is 3.81. The molecule has 0 aromatic heterocycles. The fraction of sp³-hybridized carbons (Fsp3) is 0.111. The van der Waals surface area contributed by atoms with Gasteiger partial charge in [0.15, 0.2) is 0 Å². The van der Waals surface area contributed by atoms with Crippen molar-refractivity contribution in [1.82, 2.24) is 0 Å². The van der Waals surface area contributed by atoms with Crippen molar-refractivity contribution in [2.75, 3.05) is 6.61 Å². The van der Waals surface area contributed by atoms with Crippen molar-refractivity contribution < 1.29 is 39.9 Å². The Morgan fingerprint density at radius 1 is 0.750 bits per heavy atom. The SMILES string of the molecule is CC=CCOc1ccc(-c2cc(F)c(-c3ccc4c(F)c(C(F)(F)F)c(F)cc4c3)c(F)c2)c(F)c1. The molecule has 36 heavy (non-hydrogen) atoms. The molecular formula is C27H16F8O. The molecular weight excluding hydrogens is 492 g/mol. The van der Waals surface area contributed by atoms with Gasteiger partial charge in [0, 0.05) is 17.0 Å². The van der Waals surface area contributed by atoms with Gasteiger partial charge in [-0.2, -0.15) is 13.2 Å². The van der Waals surface area contributed by atoms with Crippen LogP contribution in [0.5, 0.6) is 5.75 Å². The third-order valence-electron chi connectivity index (χ3n) is 5.48. The molecule has 0 atom stereocenters. The van der Waals surface area contributed by atoms with Crippen LogP contribution in [0.25, 0.3) is 33.0 Å². The van der Waals surface area contributed by atoms with E-state index in [9.17, 15) is 35.1 Å². The Balaban J connectivity index is 1.74. The Labute approximate surface area is 200 Å². The summed E-state index contributed by atoms with van der Waals surface area (Å²) in [6, 6.07) is 8.90. The Morgan fingerprint density at radius 2 is 1.44 bits per heavy atom. The highest BCUT2D eigenvalue weighted by atomic mass is 19.4. The zero-order valence-corrected chi connectivity index (χ0v) is 18.5. The second kappa shape index (κ2) is 9.64. The highest BCUT2D eigenvalue weighted by molar-refractivity contribution is 5.89. The lowest BCUT2D eigenvalue weighted by Crippen LogP contribution is -2.11. The van der Waals surface area contributed by atoms with Crippen molar-refractivity contribution in [2.24, 2.45) is 0 Å². The molecule has 0 radical (unpaired) electrons. The molecule has 0 fully saturated rings. The molecule has 9 heteroatoms. The minimum absolute atomic E-state index is 0.0972. The molecule has 4 aromatic rings. The molecule has 0 N–H and O–H groups in total. The maximum absolute atomic E-state index is 15.0. The molecule has 0 aliphatic carbocycles. The highest BCUT2D eigenvalue weighted by Crippen LogP contribution is 2.39. The molecule has 186 valence electrons. The van der Waals surface area contributed by atoms with Gasteiger partial charge in [-0.15, -0.1) is 0 Å². The topological polar surface area (TPSA) is 9.23 Å². The molecule has 0 aliphatic rings. The van der Waals surface area contributed by atoms with Crippen molar-refractivity contribution in [3.63, 3.8) is 0 Å². The molecule has 0 spiro atoms. The van der Waals surface area contributed by atoms with E-state index in [2.05, 4.69) is 0 Å². The van der Waals surface area contributed by atoms with Crippen LogP contribution in [0.1, 0.15) is 12.5 Å². The Bertz CT molecular complexity index is 1460. The highest BCUT2D eigenvalue weighted by Gasteiger charge is 2.38. The summed E-state index contributed by atoms with van der Waals surface area (Å²) >= 11 is 0. The lowest BCUT2D eigenvalue weighted by Gasteiger charge is -2.13. The second-order valence-corrected chi connectivity index (χ2v) is 7.82. The summed E-state index contributed by atoms with van der Waals surface area (Å²) in [6.45, 7) is 2.00. The number of alkyl halides is 3. The van der Waals surface area contributed by atoms with Gasteiger partial charge in [-0.25, -0.2) is 22.0 Å². The van der Waals surface area contributed by atoms with E-state index in [1.165, 1.54) is 12.1 Å². The standard InChI is InChI=1S/C27H16F8O/c1-2-3-8-36-17-5-7-18(20(28)13-17)16-10-21(29)24(22(30)11-16)14-4-6-19-15(9-14)12-23(31)25(26(19)32)27(33,34)35/h2-7,9-13H,8H2,1H3. The summed E-state index contributed by atoms with van der Waals surface area (Å²) < 4.78 is 117. The van der Waals surface area contributed by atoms with E-state index in [0.717, 1.165) is 36.4 Å². The monoisotopic (exact) mass is 508 g/mol. The maximum atomic E-state index is 15.0. The zero-order chi connectivity index (χ0) is 26.2. The molecule has 0 unspecified atom stereocenters. The fourth-order valence-corrected chi connectivity index (χ4v) is 3.81. The lowest BCUT2D eigenvalue weighted by molar-refractivity contribution is -0.142. The van der Waals surface area contributed by atoms with Gasteiger partial charge in [-0.05, 0) is 59.8 Å². The summed E-state index contributed by atoms with van der Waals surface area (Å²) in [4.78, 5) is 0. The summed E-state index contributed by atoms with van der Waals surface area (Å²) in [7, 11) is 0. The first-order chi connectivity index (χ1) is 17.0. The van der Waals surface area contributed by atoms with E-state index in [1.807, 2.05) is 0 Å². The van der Waals surface area contributed by atoms with E-state index in [0.29, 0.717) is 6.07 Å². The van der Waals surface area contributed by atoms with Gasteiger partial charge >= 0.3 is 6.18 Å². The number of halogens is 8. The molecule has 0 amide bonds. The van der Waals surface area contributed by atoms with Gasteiger partial charge in [0.1, 0.15) is 47.0 Å². The number of allylic oxidation sites excluding steroid dienone is 1. The average molecular weight is 508 g/mol. The van der Waals surface area contributed by atoms with Gasteiger partial charge in [0.25, 0.3) is 0 Å². The molecule has 1 nitrogen and oxygen atoms in total. The summed E-state index contributed by atoms with van der Waals surface area (Å²) in [5.41, 5.74) is -3.02. The third kappa shape index (κ3) is 4.78. The molecule has 4 rings (SSSR count). The van der Waals surface area contributed by atoms with Crippen molar-refractivity contribution in [2.45, 2.75) is 13.1 Å². The first-order valence-corrected chi connectivity index (χ1v) is 10.5. The smallest absolute Gasteiger partial charge is 0.422 e. The van der Waals surface area contributed by atoms with E-state index in [-0.39, 0.29) is 34.4 Å². The summed E-state index contributed by atoms with van der Waals surface area (Å²) in [5.74, 6) is -6.45. The van der Waals surface area contributed by atoms with Gasteiger partial charge in [0.05, 0.1) is 5.56 Å². The van der Waals surface area contributed by atoms with Crippen LogP contribution in [0.3, 0.4) is 0 Å². The number of ether oxygens (including phenoxy) is 1. The van der Waals surface area contributed by atoms with Crippen LogP contribution < -0.4 is 4.74 Å². The van der Waals surface area contributed by atoms with Crippen LogP contribution in [0.2, 0.25) is 0 Å². The summed E-state index contributed by atoms with van der Waals surface area (Å²) in [6.07, 6.45) is -1.80. The second-order valence-electron chi connectivity index (χ2n) is 7.82. The Kier molecular flexibility index (Phi) is 6.75. The molecule has 0 bridgehead atoms. The maximum Gasteiger partial charge on any atom is 0.422 e. The van der Waals surface area contributed by atoms with E-state index >= 15 is 0 Å². The van der Waals surface area contributed by atoms with Crippen LogP contribution in [-0.4, -0.2) is 6.61 Å². The Hall–Kier alpha value is -3.88. The van der Waals surface area contributed by atoms with Gasteiger partial charge in [0.2, 0.25) is 0 Å². The van der Waals surface area contributed by atoms with Crippen LogP contribution in [-0.2, 0) is 6.18 Å². The van der Waals surface area contributed by atoms with Crippen LogP contribution in [0, 0.1) is 29.1 Å². The largest absolute Gasteiger partial charge is 0.489 e. The first kappa shape index (κ1) is 25.2. The molecule has 0 saturated carbocycles. The molecule has 0 heterocycles. The zero-order valence-electron chi connectivity index (χ0n) is 18.5. The Morgan fingerprint density at radius 3 is 2.06 bits per heavy atom. The number of benzene rings is 4. The summed E-state index contributed by atoms with van der Waals surface area (Å²) in [5, 5.41) is -0.887. The first-order valence-electron chi connectivity index (χ1n) is 10.5. The van der Waals surface area contributed by atoms with Crippen molar-refractivity contribution >= 4 is 10.8 Å². The van der Waals surface area contributed by atoms with Crippen molar-refractivity contribution in [1.29, 1.82) is 0 Å². The number of hydrogen-bond acceptors (Lipinski definition) is 1. The lowest BCUT2D eigenvalue weighted by atomic mass is 9.96. The van der Waals surface area contributed by atoms with Gasteiger partial charge in [-0.3, -0.25) is 0 Å². The molecule has 0 aliphatic heterocycles. The number of hydrogen-bond donors (Lipinski definition) is 0. The van der Waals surface area contributed by atoms with E-state index in [4.69, 9.17) is 4.74 Å². The predicted molar refractivity (Wildman–Crippen MR) is 120 cm³/mol. The third-order valence-corrected chi connectivity index (χ3v) is 5.48. The normalized spacial score (nSPS) is 12.0. The van der Waals surface area contributed by atoms with Crippen molar-refractivity contribution in [3.05, 3.63) is 101 Å². The minimum atomic E-state index is -5.26. The van der Waals surface area contributed by atoms with Crippen LogP contribution in [0.4, 0.5) is 35.1 Å². The van der Waals surface area contributed by atoms with Crippen LogP contribution in [0.15, 0.2) is 66.7 Å². The van der Waals surface area contributed by atoms with Crippen LogP contribution >= 0.6 is 0 Å². The quantitative estimate of drug-likeness (QED) is 0.193. The van der Waals surface area contributed by atoms with E-state index < -0.39 is 51.8 Å². The predicted octanol–water partition coefficient (Wildman–Crippen LogP) is 8.84. The minimum Gasteiger partial charge on any atom is -0.489 e. The van der Waals surface area contributed by atoms with E-state index in [1.54, 1.807) is 19.1 Å². The molecule has 4 aromatic carbocycles.